The minimum Gasteiger partial charge on any atom is -0.489 e. The van der Waals surface area contributed by atoms with Crippen molar-refractivity contribution in [2.75, 3.05) is 0 Å². The molecule has 2 bridgehead atoms. The Balaban J connectivity index is 1.43. The number of benzene rings is 3. The maximum absolute atomic E-state index is 16.1. The van der Waals surface area contributed by atoms with Gasteiger partial charge >= 0.3 is 0 Å². The number of rotatable bonds is 9. The van der Waals surface area contributed by atoms with Gasteiger partial charge in [-0.15, -0.1) is 0 Å². The normalized spacial score (nSPS) is 21.5. The Kier molecular flexibility index (Phi) is 8.47. The van der Waals surface area contributed by atoms with E-state index in [1.807, 2.05) is 4.72 Å². The summed E-state index contributed by atoms with van der Waals surface area (Å²) in [5.74, 6) is -5.11. The third-order valence-electron chi connectivity index (χ3n) is 7.57. The summed E-state index contributed by atoms with van der Waals surface area (Å²) >= 11 is 3.22. The van der Waals surface area contributed by atoms with Crippen LogP contribution in [0.25, 0.3) is 0 Å². The molecule has 218 valence electrons. The van der Waals surface area contributed by atoms with Crippen molar-refractivity contribution in [1.82, 2.24) is 9.62 Å². The molecule has 3 atom stereocenters. The summed E-state index contributed by atoms with van der Waals surface area (Å²) in [7, 11) is -4.62. The fraction of sp³-hybridized carbons (Fsp3) is 0.345. The molecule has 2 unspecified atom stereocenters. The highest BCUT2D eigenvalue weighted by atomic mass is 79.9. The second-order valence-corrected chi connectivity index (χ2v) is 13.1. The van der Waals surface area contributed by atoms with Crippen LogP contribution in [-0.4, -0.2) is 43.4 Å². The van der Waals surface area contributed by atoms with Gasteiger partial charge in [-0.25, -0.2) is 12.8 Å². The summed E-state index contributed by atoms with van der Waals surface area (Å²) in [5, 5.41) is 0. The molecule has 2 aliphatic rings. The number of fused-ring (bicyclic) bond motifs is 2. The van der Waals surface area contributed by atoms with Gasteiger partial charge in [0.2, 0.25) is 15.9 Å². The Morgan fingerprint density at radius 3 is 2.32 bits per heavy atom. The summed E-state index contributed by atoms with van der Waals surface area (Å²) in [4.78, 5) is 14.9. The van der Waals surface area contributed by atoms with Crippen molar-refractivity contribution in [2.24, 2.45) is 5.73 Å². The summed E-state index contributed by atoms with van der Waals surface area (Å²) in [6.45, 7) is 0.0276. The first-order valence-electron chi connectivity index (χ1n) is 13.2. The molecule has 0 aliphatic carbocycles. The molecule has 3 N–H and O–H groups in total. The molecule has 5 rings (SSSR count). The number of alkyl halides is 2. The van der Waals surface area contributed by atoms with Crippen LogP contribution in [0.15, 0.2) is 82.2 Å². The van der Waals surface area contributed by atoms with Gasteiger partial charge in [-0.05, 0) is 67.6 Å². The quantitative estimate of drug-likeness (QED) is 0.336. The van der Waals surface area contributed by atoms with Crippen LogP contribution >= 0.6 is 15.9 Å². The van der Waals surface area contributed by atoms with E-state index >= 15 is 8.78 Å². The number of sulfonamides is 1. The highest BCUT2D eigenvalue weighted by Gasteiger charge is 2.53. The van der Waals surface area contributed by atoms with Crippen molar-refractivity contribution in [3.63, 3.8) is 0 Å². The van der Waals surface area contributed by atoms with E-state index in [9.17, 15) is 17.6 Å². The van der Waals surface area contributed by atoms with Gasteiger partial charge in [0.15, 0.2) is 6.04 Å². The number of hydrogen-bond acceptors (Lipinski definition) is 5. The average Bonchev–Trinajstić information content (AvgIpc) is 3.22. The number of hydrogen-bond donors (Lipinski definition) is 2. The van der Waals surface area contributed by atoms with Crippen LogP contribution in [0.2, 0.25) is 0 Å². The van der Waals surface area contributed by atoms with E-state index in [1.54, 1.807) is 0 Å². The highest BCUT2D eigenvalue weighted by molar-refractivity contribution is 9.10. The van der Waals surface area contributed by atoms with Crippen LogP contribution in [0, 0.1) is 5.82 Å². The molecule has 3 aromatic rings. The first-order chi connectivity index (χ1) is 19.4. The molecule has 12 heteroatoms. The zero-order valence-corrected chi connectivity index (χ0v) is 24.3. The third kappa shape index (κ3) is 6.45. The predicted molar refractivity (Wildman–Crippen MR) is 150 cm³/mol. The zero-order valence-electron chi connectivity index (χ0n) is 21.9. The summed E-state index contributed by atoms with van der Waals surface area (Å²) in [6.07, 6.45) is 2.19. The lowest BCUT2D eigenvalue weighted by atomic mass is 9.95. The van der Waals surface area contributed by atoms with Crippen molar-refractivity contribution >= 4 is 31.9 Å². The molecule has 2 heterocycles. The molecule has 41 heavy (non-hydrogen) atoms. The summed E-state index contributed by atoms with van der Waals surface area (Å²) in [5.41, 5.74) is 6.26. The molecule has 0 radical (unpaired) electrons. The average molecular weight is 653 g/mol. The maximum Gasteiger partial charge on any atom is 0.298 e. The van der Waals surface area contributed by atoms with Crippen molar-refractivity contribution in [3.8, 4) is 5.75 Å². The third-order valence-corrected chi connectivity index (χ3v) is 9.52. The van der Waals surface area contributed by atoms with Crippen LogP contribution in [0.4, 0.5) is 13.2 Å². The first kappa shape index (κ1) is 29.6. The van der Waals surface area contributed by atoms with E-state index in [2.05, 4.69) is 15.9 Å². The van der Waals surface area contributed by atoms with E-state index in [-0.39, 0.29) is 35.4 Å². The number of halogens is 4. The molecule has 3 aromatic carbocycles. The van der Waals surface area contributed by atoms with Gasteiger partial charge in [-0.2, -0.15) is 13.5 Å². The molecule has 0 aromatic heterocycles. The van der Waals surface area contributed by atoms with Crippen LogP contribution < -0.4 is 15.2 Å². The molecular weight excluding hydrogens is 623 g/mol. The van der Waals surface area contributed by atoms with Gasteiger partial charge < -0.3 is 15.4 Å². The van der Waals surface area contributed by atoms with Crippen LogP contribution in [0.1, 0.15) is 36.8 Å². The molecule has 7 nitrogen and oxygen atoms in total. The minimum atomic E-state index is -4.62. The lowest BCUT2D eigenvalue weighted by Gasteiger charge is -2.41. The number of nitrogens with one attached hydrogen (secondary N) is 1. The van der Waals surface area contributed by atoms with E-state index in [1.165, 1.54) is 65.6 Å². The molecule has 1 amide bonds. The van der Waals surface area contributed by atoms with E-state index in [4.69, 9.17) is 10.5 Å². The van der Waals surface area contributed by atoms with Crippen molar-refractivity contribution in [3.05, 3.63) is 94.2 Å². The van der Waals surface area contributed by atoms with Gasteiger partial charge in [0.05, 0.1) is 4.90 Å². The van der Waals surface area contributed by atoms with Crippen molar-refractivity contribution in [1.29, 1.82) is 0 Å². The topological polar surface area (TPSA) is 102 Å². The highest BCUT2D eigenvalue weighted by Crippen LogP contribution is 2.40. The Hall–Kier alpha value is -2.93. The monoisotopic (exact) mass is 651 g/mol. The molecule has 2 fully saturated rings. The maximum atomic E-state index is 16.1. The van der Waals surface area contributed by atoms with Gasteiger partial charge in [0, 0.05) is 34.2 Å². The zero-order chi connectivity index (χ0) is 29.4. The van der Waals surface area contributed by atoms with Gasteiger partial charge in [0.25, 0.3) is 5.92 Å². The van der Waals surface area contributed by atoms with Gasteiger partial charge in [-0.3, -0.25) is 4.79 Å². The molecule has 0 spiro atoms. The van der Waals surface area contributed by atoms with Crippen LogP contribution in [0.5, 0.6) is 5.75 Å². The Morgan fingerprint density at radius 1 is 1.05 bits per heavy atom. The fourth-order valence-electron chi connectivity index (χ4n) is 5.55. The fourth-order valence-corrected chi connectivity index (χ4v) is 7.04. The number of nitrogens with zero attached hydrogens (tertiary/aromatic N) is 1. The van der Waals surface area contributed by atoms with Gasteiger partial charge in [0.1, 0.15) is 18.2 Å². The molecule has 0 saturated carbocycles. The van der Waals surface area contributed by atoms with Gasteiger partial charge in [-0.1, -0.05) is 46.3 Å². The lowest BCUT2D eigenvalue weighted by Crippen LogP contribution is -2.60. The van der Waals surface area contributed by atoms with E-state index < -0.39 is 39.3 Å². The number of ether oxygens (including phenoxy) is 1. The predicted octanol–water partition coefficient (Wildman–Crippen LogP) is 5.09. The smallest absolute Gasteiger partial charge is 0.298 e. The summed E-state index contributed by atoms with van der Waals surface area (Å²) < 4.78 is 80.7. The van der Waals surface area contributed by atoms with Crippen molar-refractivity contribution in [2.45, 2.75) is 67.3 Å². The Labute approximate surface area is 245 Å². The lowest BCUT2D eigenvalue weighted by molar-refractivity contribution is -0.149. The molecule has 2 saturated heterocycles. The molecular formula is C29H29BrF3N3O4S. The number of carbonyl (C=O) groups is 1. The molecule has 2 aliphatic heterocycles. The SMILES string of the molecule is NC1CC2CCC(C1)N2C(=O)[C@H](NS(=O)(=O)c1cccc(OCc2ccc(F)cc2)c1)C(F)(F)c1ccc(Br)cc1. The standard InChI is InChI=1S/C29H29BrF3N3O4S/c30-20-8-6-19(7-9-20)29(32,33)27(28(37)36-23-12-13-24(36)15-22(34)14-23)35-41(38,39)26-3-1-2-25(16-26)40-17-18-4-10-21(31)11-5-18/h1-11,16,22-24,27,35H,12-15,17,34H2/t22?,23?,24?,27-/m0/s1. The Morgan fingerprint density at radius 2 is 1.68 bits per heavy atom. The van der Waals surface area contributed by atoms with E-state index in [0.29, 0.717) is 35.7 Å². The second kappa shape index (κ2) is 11.7. The van der Waals surface area contributed by atoms with E-state index in [0.717, 1.165) is 12.1 Å². The largest absolute Gasteiger partial charge is 0.489 e. The van der Waals surface area contributed by atoms with Crippen LogP contribution in [0.3, 0.4) is 0 Å². The number of piperidine rings is 1. The number of amides is 1. The first-order valence-corrected chi connectivity index (χ1v) is 15.4. The minimum absolute atomic E-state index is 0.0276. The Bertz CT molecular complexity index is 1490. The number of nitrogens with two attached hydrogens (primary N) is 1. The summed E-state index contributed by atoms with van der Waals surface area (Å²) in [6, 6.07) is 12.9. The van der Waals surface area contributed by atoms with Crippen LogP contribution in [-0.2, 0) is 27.3 Å². The second-order valence-electron chi connectivity index (χ2n) is 10.4. The van der Waals surface area contributed by atoms with Crippen molar-refractivity contribution < 1.29 is 31.1 Å². The number of carbonyl (C=O) groups excluding carboxylic acids is 1.